The molecule has 2 N–H and O–H groups in total. The number of carbonyl (C=O) groups is 2. The van der Waals surface area contributed by atoms with Gasteiger partial charge < -0.3 is 10.2 Å². The lowest BCUT2D eigenvalue weighted by Crippen LogP contribution is -2.25. The van der Waals surface area contributed by atoms with Crippen LogP contribution in [0.2, 0.25) is 0 Å². The number of hydrogen-bond donors (Lipinski definition) is 2. The van der Waals surface area contributed by atoms with Crippen LogP contribution < -0.4 is 10.6 Å². The molecule has 2 aliphatic rings. The van der Waals surface area contributed by atoms with Crippen molar-refractivity contribution >= 4 is 34.0 Å². The van der Waals surface area contributed by atoms with E-state index in [1.807, 2.05) is 24.3 Å². The summed E-state index contributed by atoms with van der Waals surface area (Å²) in [5.41, 5.74) is 3.92. The number of benzene rings is 2. The number of likely N-dealkylation sites (N-methyl/N-ethyl adjacent to an activating group) is 1. The number of amides is 2. The number of nitriles is 1. The summed E-state index contributed by atoms with van der Waals surface area (Å²) in [4.78, 5) is 34.1. The molecule has 1 aromatic heterocycles. The average molecular weight is 514 g/mol. The van der Waals surface area contributed by atoms with Crippen molar-refractivity contribution in [3.8, 4) is 6.07 Å². The summed E-state index contributed by atoms with van der Waals surface area (Å²) in [6.45, 7) is 1.87. The maximum Gasteiger partial charge on any atom is 0.257 e. The minimum absolute atomic E-state index is 0.0196. The summed E-state index contributed by atoms with van der Waals surface area (Å²) in [7, 11) is 2.10. The molecule has 2 aromatic carbocycles. The van der Waals surface area contributed by atoms with Crippen LogP contribution >= 0.6 is 11.3 Å². The van der Waals surface area contributed by atoms with Gasteiger partial charge in [0.05, 0.1) is 16.9 Å². The molecule has 37 heavy (non-hydrogen) atoms. The van der Waals surface area contributed by atoms with E-state index in [0.717, 1.165) is 62.9 Å². The Bertz CT molecular complexity index is 1340. The van der Waals surface area contributed by atoms with E-state index in [1.165, 1.54) is 4.88 Å². The molecule has 8 heteroatoms. The molecule has 2 amide bonds. The third kappa shape index (κ3) is 5.90. The molecule has 0 saturated heterocycles. The van der Waals surface area contributed by atoms with Crippen molar-refractivity contribution in [3.63, 3.8) is 0 Å². The van der Waals surface area contributed by atoms with Crippen LogP contribution in [0.4, 0.5) is 10.8 Å². The first-order chi connectivity index (χ1) is 18.0. The monoisotopic (exact) mass is 513 g/mol. The van der Waals surface area contributed by atoms with Gasteiger partial charge in [0.15, 0.2) is 5.13 Å². The number of hydrogen-bond acceptors (Lipinski definition) is 6. The van der Waals surface area contributed by atoms with Gasteiger partial charge in [-0.2, -0.15) is 5.26 Å². The van der Waals surface area contributed by atoms with Crippen LogP contribution in [-0.4, -0.2) is 35.3 Å². The summed E-state index contributed by atoms with van der Waals surface area (Å²) in [6.07, 6.45) is 5.32. The smallest absolute Gasteiger partial charge is 0.257 e. The molecule has 0 bridgehead atoms. The van der Waals surface area contributed by atoms with E-state index in [4.69, 9.17) is 0 Å². The number of anilines is 2. The van der Waals surface area contributed by atoms with Gasteiger partial charge in [0, 0.05) is 35.9 Å². The minimum atomic E-state index is -0.136. The number of para-hydroxylation sites is 1. The Morgan fingerprint density at radius 1 is 1.08 bits per heavy atom. The molecular formula is C29H31N5O2S. The fourth-order valence-corrected chi connectivity index (χ4v) is 6.38. The highest BCUT2D eigenvalue weighted by molar-refractivity contribution is 7.15. The zero-order valence-corrected chi connectivity index (χ0v) is 21.8. The van der Waals surface area contributed by atoms with E-state index >= 15 is 0 Å². The third-order valence-electron chi connectivity index (χ3n) is 7.41. The maximum atomic E-state index is 13.0. The summed E-state index contributed by atoms with van der Waals surface area (Å²) in [5, 5.41) is 15.9. The quantitative estimate of drug-likeness (QED) is 0.436. The summed E-state index contributed by atoms with van der Waals surface area (Å²) in [5.74, 6) is 0.0648. The lowest BCUT2D eigenvalue weighted by Gasteiger charge is -2.20. The Balaban J connectivity index is 1.21. The highest BCUT2D eigenvalue weighted by Gasteiger charge is 2.26. The van der Waals surface area contributed by atoms with Crippen molar-refractivity contribution in [2.45, 2.75) is 51.0 Å². The average Bonchev–Trinajstić information content (AvgIpc) is 3.13. The molecule has 3 aromatic rings. The van der Waals surface area contributed by atoms with Crippen LogP contribution in [0.15, 0.2) is 48.5 Å². The lowest BCUT2D eigenvalue weighted by atomic mass is 9.90. The van der Waals surface area contributed by atoms with E-state index in [0.29, 0.717) is 27.9 Å². The number of nitrogens with one attached hydrogen (secondary N) is 2. The SMILES string of the molecule is CN1CCc2nc(NC(=O)c3cccc(C4CCCC(C(=O)Nc5ccccc5C#N)CC4)c3)sc2C1. The first-order valence-corrected chi connectivity index (χ1v) is 13.7. The van der Waals surface area contributed by atoms with Crippen molar-refractivity contribution < 1.29 is 9.59 Å². The molecule has 0 spiro atoms. The number of carbonyl (C=O) groups excluding carboxylic acids is 2. The highest BCUT2D eigenvalue weighted by atomic mass is 32.1. The van der Waals surface area contributed by atoms with E-state index in [2.05, 4.69) is 39.7 Å². The predicted octanol–water partition coefficient (Wildman–Crippen LogP) is 5.56. The molecule has 7 nitrogen and oxygen atoms in total. The number of rotatable bonds is 5. The Kier molecular flexibility index (Phi) is 7.63. The van der Waals surface area contributed by atoms with Crippen molar-refractivity contribution in [3.05, 3.63) is 75.8 Å². The molecule has 2 heterocycles. The molecule has 5 rings (SSSR count). The Morgan fingerprint density at radius 3 is 2.81 bits per heavy atom. The van der Waals surface area contributed by atoms with Gasteiger partial charge in [0.2, 0.25) is 5.91 Å². The van der Waals surface area contributed by atoms with Gasteiger partial charge in [0.1, 0.15) is 6.07 Å². The van der Waals surface area contributed by atoms with Crippen LogP contribution in [0.25, 0.3) is 0 Å². The van der Waals surface area contributed by atoms with Crippen LogP contribution in [0, 0.1) is 17.2 Å². The van der Waals surface area contributed by atoms with Crippen LogP contribution in [-0.2, 0) is 17.8 Å². The first kappa shape index (κ1) is 25.1. The Labute approximate surface area is 221 Å². The van der Waals surface area contributed by atoms with Crippen molar-refractivity contribution in [1.82, 2.24) is 9.88 Å². The molecule has 2 unspecified atom stereocenters. The predicted molar refractivity (Wildman–Crippen MR) is 146 cm³/mol. The largest absolute Gasteiger partial charge is 0.325 e. The van der Waals surface area contributed by atoms with Gasteiger partial charge in [-0.1, -0.05) is 30.7 Å². The second-order valence-electron chi connectivity index (χ2n) is 10.0. The third-order valence-corrected chi connectivity index (χ3v) is 8.41. The first-order valence-electron chi connectivity index (χ1n) is 12.9. The fourth-order valence-electron chi connectivity index (χ4n) is 5.30. The summed E-state index contributed by atoms with van der Waals surface area (Å²) >= 11 is 1.56. The molecule has 190 valence electrons. The van der Waals surface area contributed by atoms with E-state index < -0.39 is 0 Å². The van der Waals surface area contributed by atoms with E-state index in [1.54, 1.807) is 29.5 Å². The van der Waals surface area contributed by atoms with Crippen LogP contribution in [0.1, 0.15) is 70.1 Å². The van der Waals surface area contributed by atoms with Gasteiger partial charge in [-0.05, 0) is 68.5 Å². The minimum Gasteiger partial charge on any atom is -0.325 e. The maximum absolute atomic E-state index is 13.0. The molecule has 1 saturated carbocycles. The molecule has 2 atom stereocenters. The standard InChI is InChI=1S/C29H31N5O2S/c1-34-15-14-25-26(18-34)37-29(32-25)33-28(36)22-10-5-9-21(16-22)19-7-4-8-20(13-12-19)27(35)31-24-11-3-2-6-23(24)17-30/h2-3,5-6,9-11,16,19-20H,4,7-8,12-15,18H2,1H3,(H,31,35)(H,32,33,36). The highest BCUT2D eigenvalue weighted by Crippen LogP contribution is 2.35. The summed E-state index contributed by atoms with van der Waals surface area (Å²) < 4.78 is 0. The zero-order chi connectivity index (χ0) is 25.8. The normalized spacial score (nSPS) is 19.8. The molecule has 0 radical (unpaired) electrons. The fraction of sp³-hybridized carbons (Fsp3) is 0.379. The van der Waals surface area contributed by atoms with E-state index in [9.17, 15) is 14.9 Å². The van der Waals surface area contributed by atoms with Gasteiger partial charge >= 0.3 is 0 Å². The number of aromatic nitrogens is 1. The Morgan fingerprint density at radius 2 is 1.95 bits per heavy atom. The molecule has 1 fully saturated rings. The van der Waals surface area contributed by atoms with Gasteiger partial charge in [-0.25, -0.2) is 4.98 Å². The van der Waals surface area contributed by atoms with Crippen LogP contribution in [0.5, 0.6) is 0 Å². The lowest BCUT2D eigenvalue weighted by molar-refractivity contribution is -0.120. The molecule has 1 aliphatic heterocycles. The second kappa shape index (κ2) is 11.2. The van der Waals surface area contributed by atoms with Gasteiger partial charge in [-0.3, -0.25) is 14.9 Å². The van der Waals surface area contributed by atoms with E-state index in [-0.39, 0.29) is 17.7 Å². The summed E-state index contributed by atoms with van der Waals surface area (Å²) in [6, 6.07) is 17.1. The zero-order valence-electron chi connectivity index (χ0n) is 21.0. The van der Waals surface area contributed by atoms with Crippen molar-refractivity contribution in [2.75, 3.05) is 24.2 Å². The molecular weight excluding hydrogens is 482 g/mol. The van der Waals surface area contributed by atoms with Gasteiger partial charge in [0.25, 0.3) is 5.91 Å². The van der Waals surface area contributed by atoms with Crippen molar-refractivity contribution in [1.29, 1.82) is 5.26 Å². The van der Waals surface area contributed by atoms with Gasteiger partial charge in [-0.15, -0.1) is 11.3 Å². The van der Waals surface area contributed by atoms with Crippen molar-refractivity contribution in [2.24, 2.45) is 5.92 Å². The topological polar surface area (TPSA) is 98.1 Å². The second-order valence-corrected chi connectivity index (χ2v) is 11.1. The number of nitrogens with zero attached hydrogens (tertiary/aromatic N) is 3. The molecule has 1 aliphatic carbocycles. The number of fused-ring (bicyclic) bond motifs is 1. The number of thiazole rings is 1. The van der Waals surface area contributed by atoms with Crippen LogP contribution in [0.3, 0.4) is 0 Å². The Hall–Kier alpha value is -3.54.